The van der Waals surface area contributed by atoms with E-state index in [1.165, 1.54) is 0 Å². The fourth-order valence-corrected chi connectivity index (χ4v) is 2.15. The molecule has 0 amide bonds. The molecule has 0 aliphatic heterocycles. The SMILES string of the molecule is CCOCCCn1c(CCl)nc2ccc(C)nc21. The maximum atomic E-state index is 5.94. The number of nitrogens with zero attached hydrogens (tertiary/aromatic N) is 3. The average Bonchev–Trinajstić information content (AvgIpc) is 2.72. The first-order valence-electron chi connectivity index (χ1n) is 6.22. The molecule has 2 heterocycles. The molecule has 0 aliphatic rings. The summed E-state index contributed by atoms with van der Waals surface area (Å²) < 4.78 is 7.45. The maximum absolute atomic E-state index is 5.94. The highest BCUT2D eigenvalue weighted by atomic mass is 35.5. The lowest BCUT2D eigenvalue weighted by Gasteiger charge is -2.07. The molecule has 5 heteroatoms. The van der Waals surface area contributed by atoms with Gasteiger partial charge in [0.2, 0.25) is 0 Å². The lowest BCUT2D eigenvalue weighted by Crippen LogP contribution is -2.06. The van der Waals surface area contributed by atoms with Crippen molar-refractivity contribution in [3.8, 4) is 0 Å². The smallest absolute Gasteiger partial charge is 0.160 e. The zero-order chi connectivity index (χ0) is 13.0. The summed E-state index contributed by atoms with van der Waals surface area (Å²) in [5, 5.41) is 0. The Morgan fingerprint density at radius 1 is 1.33 bits per heavy atom. The molecule has 0 N–H and O–H groups in total. The van der Waals surface area contributed by atoms with Gasteiger partial charge in [0.05, 0.1) is 5.88 Å². The summed E-state index contributed by atoms with van der Waals surface area (Å²) in [4.78, 5) is 9.04. The van der Waals surface area contributed by atoms with Crippen molar-refractivity contribution in [2.24, 2.45) is 0 Å². The molecule has 2 aromatic heterocycles. The predicted octanol–water partition coefficient (Wildman–Crippen LogP) is 2.91. The Kier molecular flexibility index (Phi) is 4.55. The second-order valence-corrected chi connectivity index (χ2v) is 4.43. The van der Waals surface area contributed by atoms with Crippen molar-refractivity contribution in [2.45, 2.75) is 32.7 Å². The summed E-state index contributed by atoms with van der Waals surface area (Å²) in [6, 6.07) is 3.96. The third-order valence-corrected chi connectivity index (χ3v) is 3.04. The summed E-state index contributed by atoms with van der Waals surface area (Å²) in [7, 11) is 0. The highest BCUT2D eigenvalue weighted by Crippen LogP contribution is 2.16. The number of rotatable bonds is 6. The molecule has 18 heavy (non-hydrogen) atoms. The third kappa shape index (κ3) is 2.82. The summed E-state index contributed by atoms with van der Waals surface area (Å²) in [5.41, 5.74) is 2.82. The van der Waals surface area contributed by atoms with Crippen molar-refractivity contribution in [3.05, 3.63) is 23.7 Å². The number of aryl methyl sites for hydroxylation is 2. The molecule has 0 atom stereocenters. The fourth-order valence-electron chi connectivity index (χ4n) is 1.95. The molecule has 4 nitrogen and oxygen atoms in total. The number of imidazole rings is 1. The van der Waals surface area contributed by atoms with Crippen LogP contribution in [0.25, 0.3) is 11.2 Å². The van der Waals surface area contributed by atoms with Gasteiger partial charge < -0.3 is 9.30 Å². The van der Waals surface area contributed by atoms with Crippen molar-refractivity contribution >= 4 is 22.8 Å². The van der Waals surface area contributed by atoms with E-state index in [4.69, 9.17) is 16.3 Å². The van der Waals surface area contributed by atoms with Crippen LogP contribution in [-0.2, 0) is 17.2 Å². The number of hydrogen-bond acceptors (Lipinski definition) is 3. The molecule has 0 unspecified atom stereocenters. The topological polar surface area (TPSA) is 39.9 Å². The van der Waals surface area contributed by atoms with Crippen LogP contribution in [0.2, 0.25) is 0 Å². The summed E-state index contributed by atoms with van der Waals surface area (Å²) in [6.07, 6.45) is 0.943. The molecule has 0 saturated heterocycles. The quantitative estimate of drug-likeness (QED) is 0.597. The number of alkyl halides is 1. The van der Waals surface area contributed by atoms with E-state index in [2.05, 4.69) is 14.5 Å². The van der Waals surface area contributed by atoms with Gasteiger partial charge in [-0.1, -0.05) is 0 Å². The minimum absolute atomic E-state index is 0.407. The maximum Gasteiger partial charge on any atom is 0.160 e. The van der Waals surface area contributed by atoms with E-state index in [9.17, 15) is 0 Å². The Balaban J connectivity index is 2.25. The van der Waals surface area contributed by atoms with Crippen LogP contribution in [0.1, 0.15) is 24.9 Å². The molecule has 0 aromatic carbocycles. The first kappa shape index (κ1) is 13.3. The Hall–Kier alpha value is -1.13. The fraction of sp³-hybridized carbons (Fsp3) is 0.538. The van der Waals surface area contributed by atoms with Gasteiger partial charge in [0.25, 0.3) is 0 Å². The van der Waals surface area contributed by atoms with E-state index in [1.54, 1.807) is 0 Å². The molecular formula is C13H18ClN3O. The van der Waals surface area contributed by atoms with Crippen molar-refractivity contribution in [1.29, 1.82) is 0 Å². The zero-order valence-electron chi connectivity index (χ0n) is 10.8. The van der Waals surface area contributed by atoms with Crippen LogP contribution in [0.4, 0.5) is 0 Å². The first-order valence-corrected chi connectivity index (χ1v) is 6.76. The molecule has 0 bridgehead atoms. The van der Waals surface area contributed by atoms with Gasteiger partial charge in [-0.25, -0.2) is 9.97 Å². The van der Waals surface area contributed by atoms with E-state index < -0.39 is 0 Å². The normalized spacial score (nSPS) is 11.3. The monoisotopic (exact) mass is 267 g/mol. The van der Waals surface area contributed by atoms with Crippen LogP contribution in [0.15, 0.2) is 12.1 Å². The molecule has 0 spiro atoms. The number of aromatic nitrogens is 3. The van der Waals surface area contributed by atoms with Gasteiger partial charge in [-0.3, -0.25) is 0 Å². The van der Waals surface area contributed by atoms with Gasteiger partial charge >= 0.3 is 0 Å². The van der Waals surface area contributed by atoms with Crippen molar-refractivity contribution in [1.82, 2.24) is 14.5 Å². The van der Waals surface area contributed by atoms with Crippen LogP contribution in [0.3, 0.4) is 0 Å². The Morgan fingerprint density at radius 3 is 2.89 bits per heavy atom. The predicted molar refractivity (Wildman–Crippen MR) is 72.9 cm³/mol. The molecule has 0 saturated carbocycles. The number of fused-ring (bicyclic) bond motifs is 1. The van der Waals surface area contributed by atoms with E-state index in [-0.39, 0.29) is 0 Å². The van der Waals surface area contributed by atoms with E-state index in [0.717, 1.165) is 48.9 Å². The van der Waals surface area contributed by atoms with Crippen molar-refractivity contribution < 1.29 is 4.74 Å². The standard InChI is InChI=1S/C13H18ClN3O/c1-3-18-8-4-7-17-12(9-14)16-11-6-5-10(2)15-13(11)17/h5-6H,3-4,7-9H2,1-2H3. The van der Waals surface area contributed by atoms with Gasteiger partial charge in [0.15, 0.2) is 5.65 Å². The molecule has 98 valence electrons. The minimum atomic E-state index is 0.407. The lowest BCUT2D eigenvalue weighted by atomic mass is 10.3. The number of halogens is 1. The van der Waals surface area contributed by atoms with Crippen molar-refractivity contribution in [3.63, 3.8) is 0 Å². The third-order valence-electron chi connectivity index (χ3n) is 2.80. The highest BCUT2D eigenvalue weighted by molar-refractivity contribution is 6.16. The lowest BCUT2D eigenvalue weighted by molar-refractivity contribution is 0.141. The zero-order valence-corrected chi connectivity index (χ0v) is 11.6. The number of ether oxygens (including phenoxy) is 1. The Labute approximate surface area is 112 Å². The van der Waals surface area contributed by atoms with Gasteiger partial charge in [-0.2, -0.15) is 0 Å². The van der Waals surface area contributed by atoms with E-state index in [1.807, 2.05) is 26.0 Å². The summed E-state index contributed by atoms with van der Waals surface area (Å²) >= 11 is 5.94. The molecule has 2 aromatic rings. The second kappa shape index (κ2) is 6.16. The van der Waals surface area contributed by atoms with Crippen LogP contribution in [-0.4, -0.2) is 27.7 Å². The molecule has 2 rings (SSSR count). The van der Waals surface area contributed by atoms with Crippen LogP contribution >= 0.6 is 11.6 Å². The minimum Gasteiger partial charge on any atom is -0.382 e. The molecular weight excluding hydrogens is 250 g/mol. The van der Waals surface area contributed by atoms with Gasteiger partial charge in [-0.05, 0) is 32.4 Å². The molecule has 0 aliphatic carbocycles. The average molecular weight is 268 g/mol. The van der Waals surface area contributed by atoms with Crippen LogP contribution in [0, 0.1) is 6.92 Å². The largest absolute Gasteiger partial charge is 0.382 e. The van der Waals surface area contributed by atoms with Gasteiger partial charge in [0.1, 0.15) is 11.3 Å². The number of pyridine rings is 1. The van der Waals surface area contributed by atoms with E-state index in [0.29, 0.717) is 5.88 Å². The second-order valence-electron chi connectivity index (χ2n) is 4.16. The number of hydrogen-bond donors (Lipinski definition) is 0. The van der Waals surface area contributed by atoms with Crippen LogP contribution in [0.5, 0.6) is 0 Å². The molecule has 0 radical (unpaired) electrons. The highest BCUT2D eigenvalue weighted by Gasteiger charge is 2.10. The van der Waals surface area contributed by atoms with Gasteiger partial charge in [-0.15, -0.1) is 11.6 Å². The first-order chi connectivity index (χ1) is 8.76. The summed E-state index contributed by atoms with van der Waals surface area (Å²) in [6.45, 7) is 6.34. The Bertz CT molecular complexity index is 524. The summed E-state index contributed by atoms with van der Waals surface area (Å²) in [5.74, 6) is 1.28. The molecule has 0 fully saturated rings. The van der Waals surface area contributed by atoms with Gasteiger partial charge in [0, 0.05) is 25.5 Å². The Morgan fingerprint density at radius 2 is 2.17 bits per heavy atom. The van der Waals surface area contributed by atoms with Crippen molar-refractivity contribution in [2.75, 3.05) is 13.2 Å². The van der Waals surface area contributed by atoms with E-state index >= 15 is 0 Å². The van der Waals surface area contributed by atoms with Crippen LogP contribution < -0.4 is 0 Å².